The van der Waals surface area contributed by atoms with E-state index in [1.807, 2.05) is 87.5 Å². The number of aliphatic hydroxyl groups excluding tert-OH is 1. The third-order valence-corrected chi connectivity index (χ3v) is 19.0. The number of hydrogen-bond acceptors (Lipinski definition) is 7. The predicted molar refractivity (Wildman–Crippen MR) is 242 cm³/mol. The molecular formula is C50H58N4O7Si. The minimum absolute atomic E-state index is 0.0472. The van der Waals surface area contributed by atoms with E-state index < -0.39 is 19.8 Å². The Balaban J connectivity index is 1.12. The molecule has 5 aliphatic heterocycles. The van der Waals surface area contributed by atoms with Crippen LogP contribution in [-0.4, -0.2) is 80.7 Å². The molecule has 5 atom stereocenters. The second-order valence-electron chi connectivity index (χ2n) is 18.5. The van der Waals surface area contributed by atoms with E-state index in [4.69, 9.17) is 9.47 Å². The molecule has 3 saturated heterocycles. The van der Waals surface area contributed by atoms with Crippen LogP contribution >= 0.6 is 0 Å². The highest BCUT2D eigenvalue weighted by Crippen LogP contribution is 2.61. The van der Waals surface area contributed by atoms with Crippen LogP contribution in [0.25, 0.3) is 0 Å². The Bertz CT molecular complexity index is 2370. The molecule has 5 aliphatic rings. The molecule has 0 bridgehead atoms. The summed E-state index contributed by atoms with van der Waals surface area (Å²) >= 11 is 0. The zero-order valence-corrected chi connectivity index (χ0v) is 37.3. The van der Waals surface area contributed by atoms with E-state index in [2.05, 4.69) is 38.2 Å². The van der Waals surface area contributed by atoms with Gasteiger partial charge in [-0.05, 0) is 96.8 Å². The molecule has 3 fully saturated rings. The fourth-order valence-electron chi connectivity index (χ4n) is 11.3. The van der Waals surface area contributed by atoms with Crippen LogP contribution in [0.1, 0.15) is 74.1 Å². The molecule has 11 nitrogen and oxygen atoms in total. The first-order chi connectivity index (χ1) is 29.9. The zero-order chi connectivity index (χ0) is 43.3. The lowest BCUT2D eigenvalue weighted by atomic mass is 9.82. The van der Waals surface area contributed by atoms with Gasteiger partial charge in [-0.3, -0.25) is 19.2 Å². The number of benzene rings is 4. The SMILES string of the molecule is COc1ccc([Si](C)(C)[C@@H]2[C@@H](CC(=O)N3Cc4ccccc4C[C@H]3CO)O[C@]3(C(=O)N(Cc4ccc(N5CCCCC5=O)cc4)c4ccc(N5CCCCC5=O)cc43)[C@H]2C)cc1. The molecule has 62 heavy (non-hydrogen) atoms. The summed E-state index contributed by atoms with van der Waals surface area (Å²) in [6.07, 6.45) is 4.63. The average Bonchev–Trinajstić information content (AvgIpc) is 3.71. The standard InChI is InChI=1S/C50H58N4O7Si/c1-33-48(62(3,4)41-22-20-40(60-2)21-23-41)44(29-47(58)53-31-36-12-6-5-11-35(36)27-39(53)32-55)61-50(33)42-28-38(52-26-10-8-14-46(52)57)19-24-43(42)54(49(50)59)30-34-15-17-37(18-16-34)51-25-9-7-13-45(51)56/h5-6,11-12,15-24,28,33,39,44,48,55H,7-10,13-14,25-27,29-32H2,1-4H3/t33-,39-,44+,48-,50+/m0/s1. The summed E-state index contributed by atoms with van der Waals surface area (Å²) in [5, 5.41) is 11.8. The van der Waals surface area contributed by atoms with Crippen LogP contribution in [0.15, 0.2) is 91.0 Å². The van der Waals surface area contributed by atoms with Gasteiger partial charge in [-0.1, -0.05) is 73.7 Å². The monoisotopic (exact) mass is 854 g/mol. The van der Waals surface area contributed by atoms with Gasteiger partial charge in [0.1, 0.15) is 5.75 Å². The number of anilines is 3. The van der Waals surface area contributed by atoms with Crippen LogP contribution in [0.4, 0.5) is 17.1 Å². The number of carbonyl (C=O) groups is 4. The molecule has 324 valence electrons. The number of rotatable bonds is 10. The lowest BCUT2D eigenvalue weighted by molar-refractivity contribution is -0.151. The van der Waals surface area contributed by atoms with E-state index in [-0.39, 0.29) is 60.7 Å². The van der Waals surface area contributed by atoms with Gasteiger partial charge in [0.05, 0.1) is 52.6 Å². The second kappa shape index (κ2) is 16.8. The van der Waals surface area contributed by atoms with E-state index >= 15 is 4.79 Å². The minimum Gasteiger partial charge on any atom is -0.497 e. The van der Waals surface area contributed by atoms with Crippen molar-refractivity contribution < 1.29 is 33.8 Å². The van der Waals surface area contributed by atoms with Gasteiger partial charge in [-0.25, -0.2) is 0 Å². The summed E-state index contributed by atoms with van der Waals surface area (Å²) in [6.45, 7) is 8.54. The van der Waals surface area contributed by atoms with Gasteiger partial charge in [0, 0.05) is 55.3 Å². The number of methoxy groups -OCH3 is 1. The van der Waals surface area contributed by atoms with Gasteiger partial charge in [0.25, 0.3) is 5.91 Å². The van der Waals surface area contributed by atoms with Gasteiger partial charge >= 0.3 is 0 Å². The van der Waals surface area contributed by atoms with Crippen molar-refractivity contribution in [2.75, 3.05) is 41.5 Å². The van der Waals surface area contributed by atoms with Crippen molar-refractivity contribution in [3.63, 3.8) is 0 Å². The molecule has 1 N–H and O–H groups in total. The summed E-state index contributed by atoms with van der Waals surface area (Å²) < 4.78 is 13.0. The van der Waals surface area contributed by atoms with Gasteiger partial charge in [-0.2, -0.15) is 0 Å². The Labute approximate surface area is 365 Å². The molecule has 5 heterocycles. The average molecular weight is 855 g/mol. The third kappa shape index (κ3) is 7.23. The number of hydrogen-bond donors (Lipinski definition) is 1. The fourth-order valence-corrected chi connectivity index (χ4v) is 15.3. The van der Waals surface area contributed by atoms with Gasteiger partial charge < -0.3 is 34.2 Å². The van der Waals surface area contributed by atoms with E-state index in [9.17, 15) is 19.5 Å². The van der Waals surface area contributed by atoms with Gasteiger partial charge in [0.15, 0.2) is 5.60 Å². The lowest BCUT2D eigenvalue weighted by Gasteiger charge is -2.39. The van der Waals surface area contributed by atoms with Crippen LogP contribution in [0.2, 0.25) is 18.6 Å². The Kier molecular flexibility index (Phi) is 11.4. The summed E-state index contributed by atoms with van der Waals surface area (Å²) in [7, 11) is -0.950. The largest absolute Gasteiger partial charge is 0.497 e. The number of fused-ring (bicyclic) bond motifs is 3. The molecule has 4 amide bonds. The summed E-state index contributed by atoms with van der Waals surface area (Å²) in [5.74, 6) is 0.289. The number of carbonyl (C=O) groups excluding carboxylic acids is 4. The highest BCUT2D eigenvalue weighted by Gasteiger charge is 2.66. The van der Waals surface area contributed by atoms with Gasteiger partial charge in [0.2, 0.25) is 17.7 Å². The molecule has 0 aromatic heterocycles. The number of piperidine rings is 2. The normalized spacial score (nSPS) is 25.1. The molecule has 4 aromatic rings. The van der Waals surface area contributed by atoms with Crippen molar-refractivity contribution in [2.24, 2.45) is 5.92 Å². The van der Waals surface area contributed by atoms with Crippen LogP contribution in [0, 0.1) is 5.92 Å². The van der Waals surface area contributed by atoms with Crippen molar-refractivity contribution in [2.45, 2.75) is 108 Å². The summed E-state index contributed by atoms with van der Waals surface area (Å²) in [4.78, 5) is 63.9. The molecule has 1 spiro atoms. The van der Waals surface area contributed by atoms with Crippen molar-refractivity contribution in [3.8, 4) is 5.75 Å². The molecular weight excluding hydrogens is 797 g/mol. The number of amides is 4. The Hall–Kier alpha value is -5.30. The Morgan fingerprint density at radius 2 is 1.48 bits per heavy atom. The van der Waals surface area contributed by atoms with Crippen molar-refractivity contribution in [3.05, 3.63) is 113 Å². The van der Waals surface area contributed by atoms with Crippen LogP contribution in [0.3, 0.4) is 0 Å². The lowest BCUT2D eigenvalue weighted by Crippen LogP contribution is -2.52. The maximum atomic E-state index is 15.7. The highest BCUT2D eigenvalue weighted by molar-refractivity contribution is 6.91. The zero-order valence-electron chi connectivity index (χ0n) is 36.3. The number of ether oxygens (including phenoxy) is 2. The Morgan fingerprint density at radius 1 is 0.839 bits per heavy atom. The first-order valence-corrected chi connectivity index (χ1v) is 25.5. The fraction of sp³-hybridized carbons (Fsp3) is 0.440. The quantitative estimate of drug-likeness (QED) is 0.174. The molecule has 0 radical (unpaired) electrons. The van der Waals surface area contributed by atoms with E-state index in [0.717, 1.165) is 75.9 Å². The second-order valence-corrected chi connectivity index (χ2v) is 23.1. The maximum Gasteiger partial charge on any atom is 0.264 e. The highest BCUT2D eigenvalue weighted by atomic mass is 28.3. The molecule has 12 heteroatoms. The Morgan fingerprint density at radius 3 is 2.13 bits per heavy atom. The number of aliphatic hydroxyl groups is 1. The first kappa shape index (κ1) is 42.0. The van der Waals surface area contributed by atoms with Crippen LogP contribution in [-0.2, 0) is 49.0 Å². The summed E-state index contributed by atoms with van der Waals surface area (Å²) in [6, 6.07) is 29.7. The molecule has 0 saturated carbocycles. The van der Waals surface area contributed by atoms with Crippen LogP contribution < -0.4 is 24.6 Å². The van der Waals surface area contributed by atoms with E-state index in [1.165, 1.54) is 0 Å². The topological polar surface area (TPSA) is 120 Å². The maximum absolute atomic E-state index is 15.7. The van der Waals surface area contributed by atoms with E-state index in [0.29, 0.717) is 38.9 Å². The van der Waals surface area contributed by atoms with E-state index in [1.54, 1.807) is 12.0 Å². The molecule has 9 rings (SSSR count). The number of nitrogens with zero attached hydrogens (tertiary/aromatic N) is 4. The van der Waals surface area contributed by atoms with Crippen LogP contribution in [0.5, 0.6) is 5.75 Å². The van der Waals surface area contributed by atoms with Crippen molar-refractivity contribution in [1.82, 2.24) is 4.90 Å². The first-order valence-electron chi connectivity index (χ1n) is 22.4. The predicted octanol–water partition coefficient (Wildman–Crippen LogP) is 6.83. The molecule has 4 aromatic carbocycles. The summed E-state index contributed by atoms with van der Waals surface area (Å²) in [5.41, 5.74) is 4.53. The molecule has 0 unspecified atom stereocenters. The molecule has 0 aliphatic carbocycles. The third-order valence-electron chi connectivity index (χ3n) is 14.6. The van der Waals surface area contributed by atoms with Crippen molar-refractivity contribution >= 4 is 54.0 Å². The van der Waals surface area contributed by atoms with Gasteiger partial charge in [-0.15, -0.1) is 0 Å². The smallest absolute Gasteiger partial charge is 0.264 e. The van der Waals surface area contributed by atoms with Crippen molar-refractivity contribution in [1.29, 1.82) is 0 Å². The minimum atomic E-state index is -2.60.